The highest BCUT2D eigenvalue weighted by Crippen LogP contribution is 2.18. The van der Waals surface area contributed by atoms with Gasteiger partial charge in [0.2, 0.25) is 0 Å². The van der Waals surface area contributed by atoms with Gasteiger partial charge >= 0.3 is 0 Å². The van der Waals surface area contributed by atoms with Gasteiger partial charge in [-0.05, 0) is 6.54 Å². The predicted molar refractivity (Wildman–Crippen MR) is 59.0 cm³/mol. The minimum atomic E-state index is 0.0189. The Labute approximate surface area is 95.2 Å². The summed E-state index contributed by atoms with van der Waals surface area (Å²) in [6.07, 6.45) is 5.16. The van der Waals surface area contributed by atoms with Crippen LogP contribution in [0.5, 0.6) is 0 Å². The van der Waals surface area contributed by atoms with E-state index >= 15 is 0 Å². The summed E-state index contributed by atoms with van der Waals surface area (Å²) in [5, 5.41) is 3.36. The van der Waals surface area contributed by atoms with Crippen LogP contribution in [0.2, 0.25) is 0 Å². The molecule has 1 aromatic heterocycles. The van der Waals surface area contributed by atoms with Crippen LogP contribution in [0.1, 0.15) is 18.7 Å². The molecule has 5 heteroatoms. The molecule has 0 bridgehead atoms. The Morgan fingerprint density at radius 1 is 1.50 bits per heavy atom. The first-order chi connectivity index (χ1) is 7.92. The fourth-order valence-electron chi connectivity index (χ4n) is 1.82. The minimum Gasteiger partial charge on any atom is -0.376 e. The van der Waals surface area contributed by atoms with Crippen LogP contribution in [0.25, 0.3) is 0 Å². The summed E-state index contributed by atoms with van der Waals surface area (Å²) in [5.74, 6) is 0. The van der Waals surface area contributed by atoms with Crippen LogP contribution in [0.15, 0.2) is 18.6 Å². The van der Waals surface area contributed by atoms with E-state index in [-0.39, 0.29) is 12.1 Å². The molecule has 1 fully saturated rings. The lowest BCUT2D eigenvalue weighted by Gasteiger charge is -2.30. The highest BCUT2D eigenvalue weighted by atomic mass is 16.6. The lowest BCUT2D eigenvalue weighted by atomic mass is 10.1. The molecule has 2 heterocycles. The van der Waals surface area contributed by atoms with Gasteiger partial charge in [0.1, 0.15) is 6.10 Å². The van der Waals surface area contributed by atoms with E-state index in [1.54, 1.807) is 18.6 Å². The van der Waals surface area contributed by atoms with Gasteiger partial charge in [0, 0.05) is 12.4 Å². The maximum atomic E-state index is 5.69. The third-order valence-electron chi connectivity index (χ3n) is 2.54. The zero-order valence-electron chi connectivity index (χ0n) is 9.43. The zero-order valence-corrected chi connectivity index (χ0v) is 9.43. The van der Waals surface area contributed by atoms with Crippen molar-refractivity contribution in [2.45, 2.75) is 19.1 Å². The lowest BCUT2D eigenvalue weighted by molar-refractivity contribution is -0.102. The molecular formula is C11H17N3O2. The number of aromatic nitrogens is 2. The topological polar surface area (TPSA) is 56.3 Å². The summed E-state index contributed by atoms with van der Waals surface area (Å²) in [4.78, 5) is 8.40. The fourth-order valence-corrected chi connectivity index (χ4v) is 1.82. The van der Waals surface area contributed by atoms with Crippen LogP contribution in [0, 0.1) is 0 Å². The monoisotopic (exact) mass is 223 g/mol. The van der Waals surface area contributed by atoms with Crippen molar-refractivity contribution in [2.75, 3.05) is 26.4 Å². The summed E-state index contributed by atoms with van der Waals surface area (Å²) in [6.45, 7) is 4.85. The number of nitrogens with one attached hydrogen (secondary N) is 1. The predicted octanol–water partition coefficient (Wildman–Crippen LogP) is 0.543. The average molecular weight is 223 g/mol. The van der Waals surface area contributed by atoms with Gasteiger partial charge in [-0.25, -0.2) is 0 Å². The standard InChI is InChI=1S/C11H17N3O2/c1-2-13-11(9-7-12-3-4-14-9)10-8-15-5-6-16-10/h3-4,7,10-11,13H,2,5-6,8H2,1H3. The van der Waals surface area contributed by atoms with Crippen molar-refractivity contribution in [3.8, 4) is 0 Å². The van der Waals surface area contributed by atoms with Crippen molar-refractivity contribution in [2.24, 2.45) is 0 Å². The van der Waals surface area contributed by atoms with E-state index in [1.165, 1.54) is 0 Å². The summed E-state index contributed by atoms with van der Waals surface area (Å²) >= 11 is 0. The van der Waals surface area contributed by atoms with Crippen LogP contribution in [0.3, 0.4) is 0 Å². The third kappa shape index (κ3) is 2.75. The molecule has 0 aliphatic carbocycles. The molecular weight excluding hydrogens is 206 g/mol. The molecule has 5 nitrogen and oxygen atoms in total. The van der Waals surface area contributed by atoms with E-state index < -0.39 is 0 Å². The van der Waals surface area contributed by atoms with Gasteiger partial charge in [0.25, 0.3) is 0 Å². The van der Waals surface area contributed by atoms with Crippen LogP contribution >= 0.6 is 0 Å². The Hall–Kier alpha value is -1.04. The molecule has 1 aliphatic rings. The van der Waals surface area contributed by atoms with Crippen LogP contribution in [0.4, 0.5) is 0 Å². The van der Waals surface area contributed by atoms with Crippen molar-refractivity contribution < 1.29 is 9.47 Å². The molecule has 2 atom stereocenters. The second-order valence-electron chi connectivity index (χ2n) is 3.65. The molecule has 0 radical (unpaired) electrons. The van der Waals surface area contributed by atoms with Gasteiger partial charge in [0.05, 0.1) is 37.8 Å². The van der Waals surface area contributed by atoms with Crippen molar-refractivity contribution in [1.82, 2.24) is 15.3 Å². The normalized spacial score (nSPS) is 22.9. The van der Waals surface area contributed by atoms with E-state index in [0.717, 1.165) is 12.2 Å². The largest absolute Gasteiger partial charge is 0.376 e. The van der Waals surface area contributed by atoms with E-state index in [0.29, 0.717) is 19.8 Å². The molecule has 1 saturated heterocycles. The molecule has 16 heavy (non-hydrogen) atoms. The SMILES string of the molecule is CCNC(c1cnccn1)C1COCCO1. The summed E-state index contributed by atoms with van der Waals surface area (Å²) < 4.78 is 11.1. The van der Waals surface area contributed by atoms with E-state index in [1.807, 2.05) is 0 Å². The molecule has 0 aromatic carbocycles. The molecule has 2 unspecified atom stereocenters. The first kappa shape index (κ1) is 11.4. The molecule has 88 valence electrons. The maximum absolute atomic E-state index is 5.69. The second-order valence-corrected chi connectivity index (χ2v) is 3.65. The molecule has 1 N–H and O–H groups in total. The van der Waals surface area contributed by atoms with Crippen LogP contribution in [-0.4, -0.2) is 42.4 Å². The van der Waals surface area contributed by atoms with Crippen molar-refractivity contribution in [3.05, 3.63) is 24.3 Å². The quantitative estimate of drug-likeness (QED) is 0.807. The smallest absolute Gasteiger partial charge is 0.102 e. The highest BCUT2D eigenvalue weighted by molar-refractivity contribution is 5.05. The maximum Gasteiger partial charge on any atom is 0.102 e. The van der Waals surface area contributed by atoms with E-state index in [2.05, 4.69) is 22.2 Å². The molecule has 0 spiro atoms. The Bertz CT molecular complexity index is 301. The van der Waals surface area contributed by atoms with Gasteiger partial charge in [-0.15, -0.1) is 0 Å². The molecule has 1 aliphatic heterocycles. The molecule has 2 rings (SSSR count). The fraction of sp³-hybridized carbons (Fsp3) is 0.636. The first-order valence-corrected chi connectivity index (χ1v) is 5.60. The molecule has 1 aromatic rings. The van der Waals surface area contributed by atoms with Crippen LogP contribution < -0.4 is 5.32 Å². The first-order valence-electron chi connectivity index (χ1n) is 5.60. The second kappa shape index (κ2) is 5.89. The number of likely N-dealkylation sites (N-methyl/N-ethyl adjacent to an activating group) is 1. The Balaban J connectivity index is 2.09. The van der Waals surface area contributed by atoms with Gasteiger partial charge in [0.15, 0.2) is 0 Å². The van der Waals surface area contributed by atoms with E-state index in [4.69, 9.17) is 9.47 Å². The van der Waals surface area contributed by atoms with Gasteiger partial charge in [-0.3, -0.25) is 9.97 Å². The van der Waals surface area contributed by atoms with Gasteiger partial charge in [-0.1, -0.05) is 6.92 Å². The third-order valence-corrected chi connectivity index (χ3v) is 2.54. The molecule has 0 saturated carbocycles. The van der Waals surface area contributed by atoms with E-state index in [9.17, 15) is 0 Å². The Morgan fingerprint density at radius 3 is 3.06 bits per heavy atom. The number of ether oxygens (including phenoxy) is 2. The average Bonchev–Trinajstić information content (AvgIpc) is 2.38. The molecule has 0 amide bonds. The minimum absolute atomic E-state index is 0.0189. The Morgan fingerprint density at radius 2 is 2.44 bits per heavy atom. The number of hydrogen-bond donors (Lipinski definition) is 1. The van der Waals surface area contributed by atoms with Crippen molar-refractivity contribution >= 4 is 0 Å². The Kier molecular flexibility index (Phi) is 4.21. The van der Waals surface area contributed by atoms with Gasteiger partial charge in [-0.2, -0.15) is 0 Å². The number of rotatable bonds is 4. The zero-order chi connectivity index (χ0) is 11.2. The van der Waals surface area contributed by atoms with Crippen molar-refractivity contribution in [1.29, 1.82) is 0 Å². The number of hydrogen-bond acceptors (Lipinski definition) is 5. The summed E-state index contributed by atoms with van der Waals surface area (Å²) in [7, 11) is 0. The summed E-state index contributed by atoms with van der Waals surface area (Å²) in [6, 6.07) is 0.0546. The lowest BCUT2D eigenvalue weighted by Crippen LogP contribution is -2.41. The van der Waals surface area contributed by atoms with Gasteiger partial charge < -0.3 is 14.8 Å². The summed E-state index contributed by atoms with van der Waals surface area (Å²) in [5.41, 5.74) is 0.903. The number of nitrogens with zero attached hydrogens (tertiary/aromatic N) is 2. The highest BCUT2D eigenvalue weighted by Gasteiger charge is 2.26. The van der Waals surface area contributed by atoms with Crippen LogP contribution in [-0.2, 0) is 9.47 Å². The van der Waals surface area contributed by atoms with Crippen molar-refractivity contribution in [3.63, 3.8) is 0 Å².